The lowest BCUT2D eigenvalue weighted by molar-refractivity contribution is 0.0989. The van der Waals surface area contributed by atoms with Crippen LogP contribution >= 0.6 is 15.9 Å². The van der Waals surface area contributed by atoms with Crippen molar-refractivity contribution in [2.24, 2.45) is 7.05 Å². The van der Waals surface area contributed by atoms with Gasteiger partial charge in [0, 0.05) is 17.1 Å². The molecule has 0 aliphatic carbocycles. The van der Waals surface area contributed by atoms with E-state index in [-0.39, 0.29) is 12.2 Å². The van der Waals surface area contributed by atoms with E-state index >= 15 is 0 Å². The Morgan fingerprint density at radius 2 is 2.24 bits per heavy atom. The summed E-state index contributed by atoms with van der Waals surface area (Å²) >= 11 is 3.37. The lowest BCUT2D eigenvalue weighted by atomic mass is 10.0. The molecule has 17 heavy (non-hydrogen) atoms. The standard InChI is InChI=1S/C12H12BrN3O/c1-8-3-4-9(13)5-10(8)11(17)6-12-14-7-15-16(12)2/h3-5,7H,6H2,1-2H3. The van der Waals surface area contributed by atoms with Crippen LogP contribution in [0.3, 0.4) is 0 Å². The third-order valence-electron chi connectivity index (χ3n) is 2.62. The zero-order valence-corrected chi connectivity index (χ0v) is 11.2. The van der Waals surface area contributed by atoms with Gasteiger partial charge in [-0.25, -0.2) is 4.98 Å². The molecular formula is C12H12BrN3O. The van der Waals surface area contributed by atoms with Crippen LogP contribution in [-0.2, 0) is 13.5 Å². The number of aryl methyl sites for hydroxylation is 2. The molecule has 0 amide bonds. The minimum Gasteiger partial charge on any atom is -0.294 e. The first-order valence-corrected chi connectivity index (χ1v) is 5.99. The topological polar surface area (TPSA) is 47.8 Å². The molecule has 0 unspecified atom stereocenters. The Balaban J connectivity index is 2.26. The van der Waals surface area contributed by atoms with Crippen LogP contribution in [0.1, 0.15) is 21.7 Å². The van der Waals surface area contributed by atoms with Crippen LogP contribution in [0.4, 0.5) is 0 Å². The number of benzene rings is 1. The average Bonchev–Trinajstić information content (AvgIpc) is 2.68. The van der Waals surface area contributed by atoms with Crippen molar-refractivity contribution in [3.05, 3.63) is 46.0 Å². The fourth-order valence-corrected chi connectivity index (χ4v) is 1.97. The predicted octanol–water partition coefficient (Wildman–Crippen LogP) is 2.31. The zero-order valence-electron chi connectivity index (χ0n) is 9.64. The van der Waals surface area contributed by atoms with E-state index in [0.29, 0.717) is 5.82 Å². The normalized spacial score (nSPS) is 10.5. The Bertz CT molecular complexity index is 563. The molecule has 0 saturated carbocycles. The molecule has 0 aliphatic heterocycles. The Kier molecular flexibility index (Phi) is 3.38. The maximum Gasteiger partial charge on any atom is 0.170 e. The molecule has 5 heteroatoms. The Labute approximate surface area is 108 Å². The molecule has 0 saturated heterocycles. The zero-order chi connectivity index (χ0) is 12.4. The molecule has 0 aliphatic rings. The highest BCUT2D eigenvalue weighted by Crippen LogP contribution is 2.17. The summed E-state index contributed by atoms with van der Waals surface area (Å²) in [5.74, 6) is 0.731. The first kappa shape index (κ1) is 12.0. The van der Waals surface area contributed by atoms with Crippen LogP contribution in [0.25, 0.3) is 0 Å². The summed E-state index contributed by atoms with van der Waals surface area (Å²) in [7, 11) is 1.78. The van der Waals surface area contributed by atoms with Gasteiger partial charge in [0.1, 0.15) is 12.2 Å². The first-order chi connectivity index (χ1) is 8.08. The van der Waals surface area contributed by atoms with E-state index in [1.165, 1.54) is 6.33 Å². The number of rotatable bonds is 3. The Hall–Kier alpha value is -1.49. The molecule has 2 rings (SSSR count). The van der Waals surface area contributed by atoms with Crippen LogP contribution < -0.4 is 0 Å². The molecule has 1 heterocycles. The van der Waals surface area contributed by atoms with Gasteiger partial charge in [0.05, 0.1) is 6.42 Å². The van der Waals surface area contributed by atoms with E-state index in [1.807, 2.05) is 25.1 Å². The summed E-state index contributed by atoms with van der Waals surface area (Å²) in [5, 5.41) is 3.95. The number of carbonyl (C=O) groups is 1. The number of ketones is 1. The molecular weight excluding hydrogens is 282 g/mol. The Morgan fingerprint density at radius 3 is 2.88 bits per heavy atom. The molecule has 0 spiro atoms. The van der Waals surface area contributed by atoms with Crippen LogP contribution in [0.15, 0.2) is 29.0 Å². The van der Waals surface area contributed by atoms with E-state index in [0.717, 1.165) is 15.6 Å². The number of nitrogens with zero attached hydrogens (tertiary/aromatic N) is 3. The molecule has 4 nitrogen and oxygen atoms in total. The molecule has 0 atom stereocenters. The van der Waals surface area contributed by atoms with Gasteiger partial charge in [-0.05, 0) is 24.6 Å². The van der Waals surface area contributed by atoms with Crippen molar-refractivity contribution in [3.8, 4) is 0 Å². The number of hydrogen-bond acceptors (Lipinski definition) is 3. The van der Waals surface area contributed by atoms with E-state index in [4.69, 9.17) is 0 Å². The van der Waals surface area contributed by atoms with E-state index in [1.54, 1.807) is 11.7 Å². The van der Waals surface area contributed by atoms with Gasteiger partial charge in [0.2, 0.25) is 0 Å². The largest absolute Gasteiger partial charge is 0.294 e. The van der Waals surface area contributed by atoms with E-state index < -0.39 is 0 Å². The molecule has 0 fully saturated rings. The lowest BCUT2D eigenvalue weighted by Gasteiger charge is -2.05. The van der Waals surface area contributed by atoms with E-state index in [2.05, 4.69) is 26.0 Å². The van der Waals surface area contributed by atoms with Gasteiger partial charge in [0.15, 0.2) is 5.78 Å². The summed E-state index contributed by atoms with van der Waals surface area (Å²) < 4.78 is 2.52. The number of aromatic nitrogens is 3. The van der Waals surface area contributed by atoms with E-state index in [9.17, 15) is 4.79 Å². The maximum absolute atomic E-state index is 12.1. The SMILES string of the molecule is Cc1ccc(Br)cc1C(=O)Cc1ncnn1C. The van der Waals surface area contributed by atoms with Crippen molar-refractivity contribution in [1.29, 1.82) is 0 Å². The summed E-state index contributed by atoms with van der Waals surface area (Å²) in [5.41, 5.74) is 1.70. The molecule has 0 N–H and O–H groups in total. The van der Waals surface area contributed by atoms with Gasteiger partial charge in [-0.1, -0.05) is 22.0 Å². The third-order valence-corrected chi connectivity index (χ3v) is 3.12. The summed E-state index contributed by atoms with van der Waals surface area (Å²) in [6, 6.07) is 5.69. The Morgan fingerprint density at radius 1 is 1.47 bits per heavy atom. The van der Waals surface area contributed by atoms with Crippen molar-refractivity contribution in [3.63, 3.8) is 0 Å². The monoisotopic (exact) mass is 293 g/mol. The van der Waals surface area contributed by atoms with Crippen molar-refractivity contribution in [1.82, 2.24) is 14.8 Å². The number of halogens is 1. The van der Waals surface area contributed by atoms with Gasteiger partial charge in [-0.2, -0.15) is 5.10 Å². The third kappa shape index (κ3) is 2.61. The highest BCUT2D eigenvalue weighted by molar-refractivity contribution is 9.10. The van der Waals surface area contributed by atoms with Gasteiger partial charge >= 0.3 is 0 Å². The fourth-order valence-electron chi connectivity index (χ4n) is 1.61. The van der Waals surface area contributed by atoms with Crippen molar-refractivity contribution in [2.75, 3.05) is 0 Å². The molecule has 88 valence electrons. The number of Topliss-reactive ketones (excluding diaryl/α,β-unsaturated/α-hetero) is 1. The van der Waals surface area contributed by atoms with Gasteiger partial charge in [0.25, 0.3) is 0 Å². The minimum absolute atomic E-state index is 0.0555. The fraction of sp³-hybridized carbons (Fsp3) is 0.250. The van der Waals surface area contributed by atoms with Crippen LogP contribution in [0.5, 0.6) is 0 Å². The molecule has 0 radical (unpaired) electrons. The molecule has 1 aromatic carbocycles. The minimum atomic E-state index is 0.0555. The summed E-state index contributed by atoms with van der Waals surface area (Å²) in [4.78, 5) is 16.2. The van der Waals surface area contributed by atoms with Crippen LogP contribution in [-0.4, -0.2) is 20.5 Å². The average molecular weight is 294 g/mol. The van der Waals surface area contributed by atoms with Crippen LogP contribution in [0.2, 0.25) is 0 Å². The molecule has 2 aromatic rings. The molecule has 0 bridgehead atoms. The van der Waals surface area contributed by atoms with Gasteiger partial charge in [-0.15, -0.1) is 0 Å². The lowest BCUT2D eigenvalue weighted by Crippen LogP contribution is -2.10. The van der Waals surface area contributed by atoms with Crippen molar-refractivity contribution < 1.29 is 4.79 Å². The second-order valence-electron chi connectivity index (χ2n) is 3.86. The van der Waals surface area contributed by atoms with Gasteiger partial charge in [-0.3, -0.25) is 9.48 Å². The summed E-state index contributed by atoms with van der Waals surface area (Å²) in [6.07, 6.45) is 1.73. The quantitative estimate of drug-likeness (QED) is 0.816. The first-order valence-electron chi connectivity index (χ1n) is 5.20. The predicted molar refractivity (Wildman–Crippen MR) is 67.9 cm³/mol. The number of carbonyl (C=O) groups excluding carboxylic acids is 1. The summed E-state index contributed by atoms with van der Waals surface area (Å²) in [6.45, 7) is 1.93. The molecule has 1 aromatic heterocycles. The number of hydrogen-bond donors (Lipinski definition) is 0. The highest BCUT2D eigenvalue weighted by atomic mass is 79.9. The second-order valence-corrected chi connectivity index (χ2v) is 4.77. The highest BCUT2D eigenvalue weighted by Gasteiger charge is 2.13. The maximum atomic E-state index is 12.1. The van der Waals surface area contributed by atoms with Crippen molar-refractivity contribution in [2.45, 2.75) is 13.3 Å². The van der Waals surface area contributed by atoms with Gasteiger partial charge < -0.3 is 0 Å². The smallest absolute Gasteiger partial charge is 0.170 e. The van der Waals surface area contributed by atoms with Crippen molar-refractivity contribution >= 4 is 21.7 Å². The second kappa shape index (κ2) is 4.79. The van der Waals surface area contributed by atoms with Crippen LogP contribution in [0, 0.1) is 6.92 Å².